The smallest absolute Gasteiger partial charge is 0.307 e. The molecule has 3 aliphatic rings. The summed E-state index contributed by atoms with van der Waals surface area (Å²) in [5.41, 5.74) is 4.04. The first-order chi connectivity index (χ1) is 14.1. The Morgan fingerprint density at radius 1 is 1.14 bits per heavy atom. The highest BCUT2D eigenvalue weighted by Crippen LogP contribution is 2.46. The number of rotatable bonds is 2. The zero-order valence-electron chi connectivity index (χ0n) is 16.9. The molecule has 1 amide bonds. The van der Waals surface area contributed by atoms with Crippen molar-refractivity contribution in [2.24, 2.45) is 13.0 Å². The fraction of sp³-hybridized carbons (Fsp3) is 0.522. The first-order valence-corrected chi connectivity index (χ1v) is 10.7. The molecular formula is C23H27N3O3. The summed E-state index contributed by atoms with van der Waals surface area (Å²) in [6, 6.07) is 10.2. The number of carbonyl (C=O) groups excluding carboxylic acids is 2. The Balaban J connectivity index is 1.39. The van der Waals surface area contributed by atoms with Crippen molar-refractivity contribution in [3.63, 3.8) is 0 Å². The molecule has 2 aromatic rings. The summed E-state index contributed by atoms with van der Waals surface area (Å²) in [6.45, 7) is 1.33. The van der Waals surface area contributed by atoms with Crippen molar-refractivity contribution in [2.75, 3.05) is 13.1 Å². The van der Waals surface area contributed by atoms with Gasteiger partial charge in [-0.3, -0.25) is 14.3 Å². The largest absolute Gasteiger partial charge is 0.458 e. The highest BCUT2D eigenvalue weighted by atomic mass is 16.6. The Hall–Kier alpha value is -2.63. The van der Waals surface area contributed by atoms with Crippen molar-refractivity contribution in [1.82, 2.24) is 14.7 Å². The molecule has 0 radical (unpaired) electrons. The third-order valence-corrected chi connectivity index (χ3v) is 6.95. The fourth-order valence-electron chi connectivity index (χ4n) is 5.47. The minimum absolute atomic E-state index is 0.0970. The first kappa shape index (κ1) is 18.4. The molecular weight excluding hydrogens is 366 g/mol. The van der Waals surface area contributed by atoms with E-state index in [1.54, 1.807) is 0 Å². The lowest BCUT2D eigenvalue weighted by Crippen LogP contribution is -2.45. The Bertz CT molecular complexity index is 944. The summed E-state index contributed by atoms with van der Waals surface area (Å²) < 4.78 is 7.67. The van der Waals surface area contributed by atoms with Crippen LogP contribution in [0.15, 0.2) is 30.3 Å². The van der Waals surface area contributed by atoms with Gasteiger partial charge in [-0.15, -0.1) is 0 Å². The number of fused-ring (bicyclic) bond motifs is 1. The van der Waals surface area contributed by atoms with Crippen LogP contribution in [0.3, 0.4) is 0 Å². The van der Waals surface area contributed by atoms with Crippen molar-refractivity contribution >= 4 is 11.9 Å². The van der Waals surface area contributed by atoms with Gasteiger partial charge in [-0.2, -0.15) is 5.10 Å². The summed E-state index contributed by atoms with van der Waals surface area (Å²) in [5.74, 6) is -0.427. The van der Waals surface area contributed by atoms with Crippen molar-refractivity contribution in [1.29, 1.82) is 0 Å². The lowest BCUT2D eigenvalue weighted by atomic mass is 9.84. The van der Waals surface area contributed by atoms with Gasteiger partial charge >= 0.3 is 5.97 Å². The van der Waals surface area contributed by atoms with E-state index in [4.69, 9.17) is 9.84 Å². The highest BCUT2D eigenvalue weighted by Gasteiger charge is 2.54. The third-order valence-electron chi connectivity index (χ3n) is 6.95. The second-order valence-electron chi connectivity index (χ2n) is 8.59. The van der Waals surface area contributed by atoms with E-state index in [1.807, 2.05) is 34.8 Å². The van der Waals surface area contributed by atoms with Gasteiger partial charge in [0.2, 0.25) is 5.91 Å². The summed E-state index contributed by atoms with van der Waals surface area (Å²) >= 11 is 0. The van der Waals surface area contributed by atoms with E-state index < -0.39 is 5.60 Å². The van der Waals surface area contributed by atoms with Gasteiger partial charge in [0.15, 0.2) is 0 Å². The van der Waals surface area contributed by atoms with Crippen molar-refractivity contribution in [3.05, 3.63) is 41.6 Å². The van der Waals surface area contributed by atoms with Gasteiger partial charge in [-0.25, -0.2) is 0 Å². The molecule has 0 N–H and O–H groups in total. The minimum Gasteiger partial charge on any atom is -0.458 e. The molecule has 152 valence electrons. The molecule has 1 saturated carbocycles. The summed E-state index contributed by atoms with van der Waals surface area (Å²) in [7, 11) is 1.99. The monoisotopic (exact) mass is 393 g/mol. The Morgan fingerprint density at radius 3 is 2.62 bits per heavy atom. The zero-order chi connectivity index (χ0) is 20.0. The van der Waals surface area contributed by atoms with Crippen molar-refractivity contribution in [3.8, 4) is 11.3 Å². The molecule has 6 nitrogen and oxygen atoms in total. The van der Waals surface area contributed by atoms with Gasteiger partial charge in [0.05, 0.1) is 18.0 Å². The van der Waals surface area contributed by atoms with Crippen LogP contribution in [0.2, 0.25) is 0 Å². The van der Waals surface area contributed by atoms with Crippen LogP contribution in [-0.2, 0) is 34.2 Å². The van der Waals surface area contributed by atoms with E-state index >= 15 is 0 Å². The van der Waals surface area contributed by atoms with Gasteiger partial charge in [-0.05, 0) is 32.1 Å². The number of esters is 1. The molecule has 3 heterocycles. The molecule has 1 aliphatic carbocycles. The van der Waals surface area contributed by atoms with E-state index in [0.29, 0.717) is 13.1 Å². The number of benzene rings is 1. The van der Waals surface area contributed by atoms with Gasteiger partial charge in [0, 0.05) is 43.4 Å². The number of nitrogens with zero attached hydrogens (tertiary/aromatic N) is 3. The average Bonchev–Trinajstić information content (AvgIpc) is 3.36. The fourth-order valence-corrected chi connectivity index (χ4v) is 5.47. The van der Waals surface area contributed by atoms with Gasteiger partial charge in [0.25, 0.3) is 0 Å². The molecule has 1 saturated heterocycles. The Kier molecular flexibility index (Phi) is 4.45. The van der Waals surface area contributed by atoms with E-state index in [-0.39, 0.29) is 24.2 Å². The maximum Gasteiger partial charge on any atom is 0.307 e. The highest BCUT2D eigenvalue weighted by molar-refractivity contribution is 5.88. The van der Waals surface area contributed by atoms with Crippen molar-refractivity contribution < 1.29 is 14.3 Å². The molecule has 1 aromatic carbocycles. The molecule has 29 heavy (non-hydrogen) atoms. The standard InChI is InChI=1S/C23H27N3O3/c1-25-19-10-14-26(13-9-17(19)21(24-25)16-7-3-2-4-8-16)22(28)18-15-20(27)29-23(18)11-5-6-12-23/h2-4,7-8,18H,5-6,9-15H2,1H3. The summed E-state index contributed by atoms with van der Waals surface area (Å²) in [5, 5.41) is 4.77. The molecule has 0 bridgehead atoms. The van der Waals surface area contributed by atoms with E-state index in [2.05, 4.69) is 12.1 Å². The SMILES string of the molecule is Cn1nc(-c2ccccc2)c2c1CCN(C(=O)C1CC(=O)OC13CCCC3)CC2. The normalized spacial score (nSPS) is 23.1. The number of hydrogen-bond acceptors (Lipinski definition) is 4. The predicted molar refractivity (Wildman–Crippen MR) is 108 cm³/mol. The lowest BCUT2D eigenvalue weighted by molar-refractivity contribution is -0.151. The minimum atomic E-state index is -0.538. The van der Waals surface area contributed by atoms with E-state index in [1.165, 1.54) is 11.3 Å². The molecule has 6 heteroatoms. The molecule has 1 spiro atoms. The molecule has 2 aliphatic heterocycles. The Morgan fingerprint density at radius 2 is 1.86 bits per heavy atom. The second-order valence-corrected chi connectivity index (χ2v) is 8.59. The number of ether oxygens (including phenoxy) is 1. The van der Waals surface area contributed by atoms with Crippen LogP contribution in [0.25, 0.3) is 11.3 Å². The third kappa shape index (κ3) is 3.05. The quantitative estimate of drug-likeness (QED) is 0.736. The van der Waals surface area contributed by atoms with Crippen LogP contribution in [0.4, 0.5) is 0 Å². The van der Waals surface area contributed by atoms with E-state index in [0.717, 1.165) is 49.8 Å². The molecule has 1 aromatic heterocycles. The maximum atomic E-state index is 13.4. The maximum absolute atomic E-state index is 13.4. The van der Waals surface area contributed by atoms with Gasteiger partial charge in [0.1, 0.15) is 5.60 Å². The molecule has 1 unspecified atom stereocenters. The van der Waals surface area contributed by atoms with Crippen LogP contribution in [-0.4, -0.2) is 45.2 Å². The first-order valence-electron chi connectivity index (χ1n) is 10.7. The second kappa shape index (κ2) is 7.01. The summed E-state index contributed by atoms with van der Waals surface area (Å²) in [6.07, 6.45) is 5.53. The van der Waals surface area contributed by atoms with Crippen LogP contribution < -0.4 is 0 Å². The van der Waals surface area contributed by atoms with E-state index in [9.17, 15) is 9.59 Å². The predicted octanol–water partition coefficient (Wildman–Crippen LogP) is 2.89. The zero-order valence-corrected chi connectivity index (χ0v) is 16.9. The number of amides is 1. The van der Waals surface area contributed by atoms with Gasteiger partial charge in [-0.1, -0.05) is 30.3 Å². The molecule has 1 atom stereocenters. The Labute approximate surface area is 170 Å². The number of aryl methyl sites for hydroxylation is 1. The lowest BCUT2D eigenvalue weighted by Gasteiger charge is -2.32. The van der Waals surface area contributed by atoms with Crippen LogP contribution in [0.1, 0.15) is 43.4 Å². The van der Waals surface area contributed by atoms with Gasteiger partial charge < -0.3 is 9.64 Å². The average molecular weight is 393 g/mol. The number of hydrogen-bond donors (Lipinski definition) is 0. The number of aromatic nitrogens is 2. The van der Waals surface area contributed by atoms with Crippen LogP contribution in [0.5, 0.6) is 0 Å². The topological polar surface area (TPSA) is 64.4 Å². The van der Waals surface area contributed by atoms with Crippen LogP contribution in [0, 0.1) is 5.92 Å². The molecule has 2 fully saturated rings. The molecule has 5 rings (SSSR count). The summed E-state index contributed by atoms with van der Waals surface area (Å²) in [4.78, 5) is 27.5. The van der Waals surface area contributed by atoms with Crippen LogP contribution >= 0.6 is 0 Å². The van der Waals surface area contributed by atoms with Crippen molar-refractivity contribution in [2.45, 2.75) is 50.5 Å². The number of carbonyl (C=O) groups is 2.